The fourth-order valence-corrected chi connectivity index (χ4v) is 11.1. The lowest BCUT2D eigenvalue weighted by Crippen LogP contribution is -2.72. The number of hydrogen-bond acceptors (Lipinski definition) is 10. The highest BCUT2D eigenvalue weighted by molar-refractivity contribution is 5.73. The van der Waals surface area contributed by atoms with E-state index in [1.807, 2.05) is 6.92 Å². The first kappa shape index (κ1) is 26.8. The summed E-state index contributed by atoms with van der Waals surface area (Å²) >= 11 is 0. The van der Waals surface area contributed by atoms with E-state index < -0.39 is 27.8 Å². The second kappa shape index (κ2) is 8.85. The third kappa shape index (κ3) is 3.42. The maximum atomic E-state index is 12.5. The average molecular weight is 565 g/mol. The van der Waals surface area contributed by atoms with Crippen LogP contribution in [0.3, 0.4) is 0 Å². The summed E-state index contributed by atoms with van der Waals surface area (Å²) in [7, 11) is 0. The van der Waals surface area contributed by atoms with Crippen LogP contribution in [0.15, 0.2) is 0 Å². The standard InChI is InChI=1S/C30H44O10/c1-17-10-21-25(38-16-37-21)22(40-17)13-35-18-2-8-30(34)20-3-6-26-14-39-27(12-24(31)36-15-27)23(26)5-9-29(26,33)19(20)4-7-28(30,32)11-18/h17-23,25,32-34H,2-16H2,1H3/t17-,18?,19?,20?,21-,22+,23?,25-,26?,27-,28?,29?,30?/m1/s1. The van der Waals surface area contributed by atoms with Crippen LogP contribution in [0.1, 0.15) is 77.6 Å². The highest BCUT2D eigenvalue weighted by Crippen LogP contribution is 2.72. The van der Waals surface area contributed by atoms with Crippen molar-refractivity contribution < 1.29 is 48.5 Å². The van der Waals surface area contributed by atoms with Crippen molar-refractivity contribution in [3.63, 3.8) is 0 Å². The van der Waals surface area contributed by atoms with Crippen LogP contribution in [0.4, 0.5) is 0 Å². The van der Waals surface area contributed by atoms with E-state index in [1.165, 1.54) is 0 Å². The van der Waals surface area contributed by atoms with Crippen LogP contribution in [-0.2, 0) is 33.2 Å². The maximum absolute atomic E-state index is 12.5. The summed E-state index contributed by atoms with van der Waals surface area (Å²) in [6.07, 6.45) is 6.11. The topological polar surface area (TPSA) is 133 Å². The van der Waals surface area contributed by atoms with Gasteiger partial charge in [0.1, 0.15) is 31.2 Å². The predicted molar refractivity (Wildman–Crippen MR) is 137 cm³/mol. The molecule has 224 valence electrons. The van der Waals surface area contributed by atoms with Gasteiger partial charge >= 0.3 is 5.97 Å². The van der Waals surface area contributed by atoms with Crippen molar-refractivity contribution in [2.24, 2.45) is 23.2 Å². The molecule has 0 aromatic carbocycles. The third-order valence-electron chi connectivity index (χ3n) is 13.0. The van der Waals surface area contributed by atoms with E-state index in [9.17, 15) is 20.1 Å². The van der Waals surface area contributed by atoms with Crippen LogP contribution in [0.5, 0.6) is 0 Å². The minimum Gasteiger partial charge on any atom is -0.462 e. The maximum Gasteiger partial charge on any atom is 0.308 e. The lowest BCUT2D eigenvalue weighted by molar-refractivity contribution is -0.293. The number of rotatable bonds is 3. The van der Waals surface area contributed by atoms with E-state index in [0.29, 0.717) is 51.7 Å². The quantitative estimate of drug-likeness (QED) is 0.434. The SMILES string of the molecule is C[C@@H]1C[C@H]2OCO[C@H]2[C@H](COC2CCC3(O)C4CCC56CO[C@]7(COC(=O)C7)C5CCC6(O)C4CCC3(O)C2)O1. The number of carbonyl (C=O) groups excluding carboxylic acids is 1. The zero-order valence-corrected chi connectivity index (χ0v) is 23.4. The molecule has 10 nitrogen and oxygen atoms in total. The summed E-state index contributed by atoms with van der Waals surface area (Å²) in [6.45, 7) is 3.41. The van der Waals surface area contributed by atoms with Crippen LogP contribution in [0.25, 0.3) is 0 Å². The minimum atomic E-state index is -1.27. The molecule has 2 spiro atoms. The van der Waals surface area contributed by atoms with Gasteiger partial charge in [0, 0.05) is 24.2 Å². The van der Waals surface area contributed by atoms with Gasteiger partial charge in [-0.1, -0.05) is 0 Å². The minimum absolute atomic E-state index is 0.0330. The molecule has 10 heteroatoms. The number of fused-ring (bicyclic) bond motifs is 6. The van der Waals surface area contributed by atoms with E-state index in [4.69, 9.17) is 28.4 Å². The first-order valence-electron chi connectivity index (χ1n) is 15.6. The van der Waals surface area contributed by atoms with Gasteiger partial charge in [0.25, 0.3) is 0 Å². The molecule has 4 saturated heterocycles. The molecular weight excluding hydrogens is 520 g/mol. The monoisotopic (exact) mass is 564 g/mol. The Hall–Kier alpha value is -0.850. The predicted octanol–water partition coefficient (Wildman–Crippen LogP) is 1.60. The van der Waals surface area contributed by atoms with Gasteiger partial charge in [0.05, 0.1) is 54.7 Å². The zero-order chi connectivity index (χ0) is 27.5. The van der Waals surface area contributed by atoms with Gasteiger partial charge in [0.2, 0.25) is 0 Å². The molecule has 0 aromatic rings. The number of hydrogen-bond donors (Lipinski definition) is 3. The molecule has 0 amide bonds. The van der Waals surface area contributed by atoms with E-state index >= 15 is 0 Å². The molecule has 8 rings (SSSR count). The van der Waals surface area contributed by atoms with Gasteiger partial charge in [-0.2, -0.15) is 0 Å². The van der Waals surface area contributed by atoms with E-state index in [0.717, 1.165) is 25.7 Å². The Labute approximate surface area is 235 Å². The van der Waals surface area contributed by atoms with Gasteiger partial charge in [-0.05, 0) is 70.1 Å². The van der Waals surface area contributed by atoms with Crippen molar-refractivity contribution in [2.45, 2.75) is 130 Å². The number of ether oxygens (including phenoxy) is 6. The number of aliphatic hydroxyl groups is 3. The van der Waals surface area contributed by atoms with Crippen LogP contribution < -0.4 is 0 Å². The lowest BCUT2D eigenvalue weighted by atomic mass is 9.45. The fraction of sp³-hybridized carbons (Fsp3) is 0.967. The Kier molecular flexibility index (Phi) is 5.92. The highest BCUT2D eigenvalue weighted by atomic mass is 16.7. The number of esters is 1. The van der Waals surface area contributed by atoms with Gasteiger partial charge in [0.15, 0.2) is 0 Å². The molecule has 3 N–H and O–H groups in total. The molecule has 4 aliphatic heterocycles. The normalized spacial score (nSPS) is 58.6. The summed E-state index contributed by atoms with van der Waals surface area (Å²) in [6, 6.07) is 0. The molecule has 0 bridgehead atoms. The van der Waals surface area contributed by atoms with Crippen LogP contribution in [0.2, 0.25) is 0 Å². The van der Waals surface area contributed by atoms with Crippen molar-refractivity contribution in [1.29, 1.82) is 0 Å². The Morgan fingerprint density at radius 1 is 0.950 bits per heavy atom. The molecule has 0 radical (unpaired) electrons. The Morgan fingerprint density at radius 2 is 1.75 bits per heavy atom. The second-order valence-electron chi connectivity index (χ2n) is 14.5. The molecule has 8 fully saturated rings. The number of cyclic esters (lactones) is 1. The van der Waals surface area contributed by atoms with Crippen LogP contribution in [-0.4, -0.2) is 101 Å². The smallest absolute Gasteiger partial charge is 0.308 e. The summed E-state index contributed by atoms with van der Waals surface area (Å²) in [4.78, 5) is 12.1. The van der Waals surface area contributed by atoms with Gasteiger partial charge in [-0.15, -0.1) is 0 Å². The van der Waals surface area contributed by atoms with Crippen molar-refractivity contribution >= 4 is 5.97 Å². The van der Waals surface area contributed by atoms with Gasteiger partial charge in [-0.25, -0.2) is 0 Å². The molecule has 40 heavy (non-hydrogen) atoms. The zero-order valence-electron chi connectivity index (χ0n) is 23.4. The van der Waals surface area contributed by atoms with Crippen molar-refractivity contribution in [2.75, 3.05) is 26.6 Å². The van der Waals surface area contributed by atoms with Gasteiger partial charge in [-0.3, -0.25) is 4.79 Å². The van der Waals surface area contributed by atoms with Crippen LogP contribution in [0, 0.1) is 23.2 Å². The molecule has 0 aromatic heterocycles. The molecule has 4 aliphatic carbocycles. The van der Waals surface area contributed by atoms with Gasteiger partial charge < -0.3 is 43.7 Å². The lowest BCUT2D eigenvalue weighted by Gasteiger charge is -2.64. The Morgan fingerprint density at radius 3 is 2.58 bits per heavy atom. The van der Waals surface area contributed by atoms with Crippen molar-refractivity contribution in [3.8, 4) is 0 Å². The van der Waals surface area contributed by atoms with E-state index in [-0.39, 0.29) is 74.1 Å². The molecule has 4 heterocycles. The van der Waals surface area contributed by atoms with Crippen molar-refractivity contribution in [3.05, 3.63) is 0 Å². The first-order chi connectivity index (χ1) is 19.1. The van der Waals surface area contributed by atoms with E-state index in [1.54, 1.807) is 0 Å². The Balaban J connectivity index is 0.979. The largest absolute Gasteiger partial charge is 0.462 e. The van der Waals surface area contributed by atoms with Crippen molar-refractivity contribution in [1.82, 2.24) is 0 Å². The molecule has 8 aliphatic rings. The molecular formula is C30H44O10. The highest BCUT2D eigenvalue weighted by Gasteiger charge is 2.77. The van der Waals surface area contributed by atoms with Crippen LogP contribution >= 0.6 is 0 Å². The van der Waals surface area contributed by atoms with E-state index in [2.05, 4.69) is 0 Å². The summed E-state index contributed by atoms with van der Waals surface area (Å²) in [5.41, 5.74) is -4.54. The Bertz CT molecular complexity index is 1060. The molecule has 13 atom stereocenters. The fourth-order valence-electron chi connectivity index (χ4n) is 11.1. The first-order valence-corrected chi connectivity index (χ1v) is 15.6. The summed E-state index contributed by atoms with van der Waals surface area (Å²) < 4.78 is 35.7. The number of carbonyl (C=O) groups is 1. The summed E-state index contributed by atoms with van der Waals surface area (Å²) in [5, 5.41) is 36.8. The third-order valence-corrected chi connectivity index (χ3v) is 13.0. The molecule has 8 unspecified atom stereocenters. The summed E-state index contributed by atoms with van der Waals surface area (Å²) in [5.74, 6) is -0.438. The average Bonchev–Trinajstić information content (AvgIpc) is 3.67. The molecule has 4 saturated carbocycles. The second-order valence-corrected chi connectivity index (χ2v) is 14.5.